The number of hydrogen-bond acceptors (Lipinski definition) is 3. The zero-order valence-electron chi connectivity index (χ0n) is 3.61. The molecule has 0 bridgehead atoms. The van der Waals surface area contributed by atoms with Gasteiger partial charge in [-0.1, -0.05) is 0 Å². The molecular formula is H8N5OP. The Morgan fingerprint density at radius 1 is 1.29 bits per heavy atom. The van der Waals surface area contributed by atoms with Crippen molar-refractivity contribution in [3.63, 3.8) is 0 Å². The van der Waals surface area contributed by atoms with Crippen molar-refractivity contribution in [2.75, 3.05) is 0 Å². The van der Waals surface area contributed by atoms with Crippen LogP contribution >= 0.6 is 7.59 Å². The van der Waals surface area contributed by atoms with Crippen LogP contribution in [-0.4, -0.2) is 4.89 Å². The zero-order valence-corrected chi connectivity index (χ0v) is 4.51. The second kappa shape index (κ2) is 1.87. The summed E-state index contributed by atoms with van der Waals surface area (Å²) in [6.45, 7) is 0. The van der Waals surface area contributed by atoms with E-state index in [1.807, 2.05) is 0 Å². The number of nitrogens with two attached hydrogens (primary N) is 4. The van der Waals surface area contributed by atoms with Crippen molar-refractivity contribution in [2.24, 2.45) is 22.7 Å². The third-order valence-electron chi connectivity index (χ3n) is 0.361. The van der Waals surface area contributed by atoms with Crippen LogP contribution in [0.15, 0.2) is 0 Å². The van der Waals surface area contributed by atoms with Crippen LogP contribution in [0, 0.1) is 0 Å². The molecule has 0 aliphatic rings. The van der Waals surface area contributed by atoms with Gasteiger partial charge in [0, 0.05) is 0 Å². The average Bonchev–Trinajstić information content (AvgIpc) is 1.31. The maximum atomic E-state index is 10.1. The van der Waals surface area contributed by atoms with Gasteiger partial charge in [-0.2, -0.15) is 0 Å². The van der Waals surface area contributed by atoms with Crippen molar-refractivity contribution >= 4 is 7.59 Å². The topological polar surface area (TPSA) is 124 Å². The van der Waals surface area contributed by atoms with Crippen molar-refractivity contribution in [1.29, 1.82) is 0 Å². The summed E-state index contributed by atoms with van der Waals surface area (Å²) < 4.78 is 10.1. The molecular weight excluding hydrogens is 117 g/mol. The summed E-state index contributed by atoms with van der Waals surface area (Å²) >= 11 is 0. The summed E-state index contributed by atoms with van der Waals surface area (Å²) in [5, 5.41) is 0. The molecule has 0 rings (SSSR count). The summed E-state index contributed by atoms with van der Waals surface area (Å²) in [6, 6.07) is 0. The molecule has 8 N–H and O–H groups in total. The third-order valence-corrected chi connectivity index (χ3v) is 1.08. The van der Waals surface area contributed by atoms with Gasteiger partial charge in [0.1, 0.15) is 0 Å². The molecule has 44 valence electrons. The molecule has 0 aromatic heterocycles. The predicted octanol–water partition coefficient (Wildman–Crippen LogP) is -1.94. The van der Waals surface area contributed by atoms with Crippen LogP contribution in [0.1, 0.15) is 0 Å². The smallest absolute Gasteiger partial charge is 0.269 e. The average molecular weight is 125 g/mol. The summed E-state index contributed by atoms with van der Waals surface area (Å²) in [4.78, 5) is 0.299. The Morgan fingerprint density at radius 3 is 1.43 bits per heavy atom. The highest BCUT2D eigenvalue weighted by atomic mass is 31.2. The molecule has 0 aliphatic heterocycles. The maximum absolute atomic E-state index is 10.1. The molecule has 7 heavy (non-hydrogen) atoms. The van der Waals surface area contributed by atoms with E-state index in [9.17, 15) is 4.57 Å². The molecule has 0 saturated carbocycles. The van der Waals surface area contributed by atoms with E-state index >= 15 is 0 Å². The molecule has 0 spiro atoms. The van der Waals surface area contributed by atoms with Crippen LogP contribution in [0.4, 0.5) is 0 Å². The van der Waals surface area contributed by atoms with Crippen LogP contribution < -0.4 is 22.7 Å². The van der Waals surface area contributed by atoms with E-state index in [1.54, 1.807) is 0 Å². The summed E-state index contributed by atoms with van der Waals surface area (Å²) in [5.74, 6) is 9.33. The molecule has 0 heterocycles. The van der Waals surface area contributed by atoms with Gasteiger partial charge in [-0.3, -0.25) is 15.6 Å². The first kappa shape index (κ1) is 7.03. The van der Waals surface area contributed by atoms with Crippen molar-refractivity contribution in [3.05, 3.63) is 0 Å². The molecule has 0 amide bonds. The fourth-order valence-electron chi connectivity index (χ4n) is 0. The minimum absolute atomic E-state index is 0.299. The van der Waals surface area contributed by atoms with E-state index in [1.165, 1.54) is 0 Å². The van der Waals surface area contributed by atoms with E-state index in [4.69, 9.17) is 0 Å². The first-order valence-corrected chi connectivity index (χ1v) is 3.21. The minimum Gasteiger partial charge on any atom is -0.269 e. The quantitative estimate of drug-likeness (QED) is 0.183. The second-order valence-corrected chi connectivity index (χ2v) is 2.86. The Morgan fingerprint density at radius 2 is 1.43 bits per heavy atom. The molecule has 0 atom stereocenters. The standard InChI is InChI=1S/H8N5OP/c1-5(2)7(3,4)6/h1-2H2,(H4,3,4,6). The van der Waals surface area contributed by atoms with Gasteiger partial charge in [-0.15, -0.1) is 4.89 Å². The fraction of sp³-hybridized carbons (Fsp3) is 0. The van der Waals surface area contributed by atoms with E-state index < -0.39 is 7.59 Å². The Kier molecular flexibility index (Phi) is 1.88. The van der Waals surface area contributed by atoms with E-state index in [-0.39, 0.29) is 0 Å². The van der Waals surface area contributed by atoms with Gasteiger partial charge in [0.25, 0.3) is 0 Å². The van der Waals surface area contributed by atoms with Gasteiger partial charge < -0.3 is 0 Å². The molecule has 0 fully saturated rings. The van der Waals surface area contributed by atoms with Gasteiger partial charge in [0.05, 0.1) is 0 Å². The van der Waals surface area contributed by atoms with Crippen LogP contribution in [0.3, 0.4) is 0 Å². The maximum Gasteiger partial charge on any atom is 0.302 e. The zero-order chi connectivity index (χ0) is 6.08. The second-order valence-electron chi connectivity index (χ2n) is 1.05. The first-order valence-electron chi connectivity index (χ1n) is 1.42. The molecule has 6 nitrogen and oxygen atoms in total. The van der Waals surface area contributed by atoms with Gasteiger partial charge >= 0.3 is 7.59 Å². The molecule has 0 aromatic carbocycles. The van der Waals surface area contributed by atoms with Crippen LogP contribution in [0.5, 0.6) is 0 Å². The number of nitrogens with zero attached hydrogens (tertiary/aromatic N) is 1. The number of hydrazine groups is 2. The number of rotatable bonds is 1. The molecule has 0 unspecified atom stereocenters. The lowest BCUT2D eigenvalue weighted by atomic mass is 12.6. The highest BCUT2D eigenvalue weighted by molar-refractivity contribution is 7.56. The molecule has 0 saturated heterocycles. The van der Waals surface area contributed by atoms with E-state index in [0.717, 1.165) is 0 Å². The normalized spacial score (nSPS) is 12.7. The fourth-order valence-corrected chi connectivity index (χ4v) is 0. The van der Waals surface area contributed by atoms with Crippen LogP contribution in [0.25, 0.3) is 0 Å². The van der Waals surface area contributed by atoms with E-state index in [0.29, 0.717) is 4.89 Å². The SMILES string of the molecule is NN(N)P(N)(N)=O. The Balaban J connectivity index is 3.80. The van der Waals surface area contributed by atoms with Gasteiger partial charge in [-0.05, 0) is 0 Å². The predicted molar refractivity (Wildman–Crippen MR) is 26.2 cm³/mol. The molecule has 7 heteroatoms. The molecule has 0 radical (unpaired) electrons. The van der Waals surface area contributed by atoms with Gasteiger partial charge in [0.15, 0.2) is 0 Å². The summed E-state index contributed by atoms with van der Waals surface area (Å²) in [7, 11) is -3.35. The lowest BCUT2D eigenvalue weighted by molar-refractivity contribution is 0.442. The largest absolute Gasteiger partial charge is 0.302 e. The number of hydrogen-bond donors (Lipinski definition) is 4. The van der Waals surface area contributed by atoms with E-state index in [2.05, 4.69) is 22.7 Å². The van der Waals surface area contributed by atoms with Crippen LogP contribution in [-0.2, 0) is 4.57 Å². The monoisotopic (exact) mass is 125 g/mol. The lowest BCUT2D eigenvalue weighted by Crippen LogP contribution is -2.40. The van der Waals surface area contributed by atoms with Gasteiger partial charge in [-0.25, -0.2) is 11.7 Å². The lowest BCUT2D eigenvalue weighted by Gasteiger charge is -2.11. The highest BCUT2D eigenvalue weighted by Gasteiger charge is 2.10. The van der Waals surface area contributed by atoms with Crippen molar-refractivity contribution in [1.82, 2.24) is 4.89 Å². The van der Waals surface area contributed by atoms with Crippen molar-refractivity contribution in [2.45, 2.75) is 0 Å². The molecule has 0 aromatic rings. The van der Waals surface area contributed by atoms with Gasteiger partial charge in [0.2, 0.25) is 0 Å². The summed E-state index contributed by atoms with van der Waals surface area (Å²) in [5.41, 5.74) is 9.38. The van der Waals surface area contributed by atoms with Crippen molar-refractivity contribution < 1.29 is 4.57 Å². The Hall–Kier alpha value is 0.0300. The minimum atomic E-state index is -3.35. The third kappa shape index (κ3) is 2.69. The molecule has 0 aliphatic carbocycles. The Bertz CT molecular complexity index is 90.3. The summed E-state index contributed by atoms with van der Waals surface area (Å²) in [6.07, 6.45) is 0. The van der Waals surface area contributed by atoms with Crippen molar-refractivity contribution in [3.8, 4) is 0 Å². The Labute approximate surface area is 40.9 Å². The highest BCUT2D eigenvalue weighted by Crippen LogP contribution is 2.22. The first-order chi connectivity index (χ1) is 2.94. The van der Waals surface area contributed by atoms with Crippen LogP contribution in [0.2, 0.25) is 0 Å².